The summed E-state index contributed by atoms with van der Waals surface area (Å²) in [6.07, 6.45) is -7.01. The normalized spacial score (nSPS) is 34.1. The topological polar surface area (TPSA) is 136 Å². The molecule has 4 N–H and O–H groups in total. The Hall–Kier alpha value is -2.76. The van der Waals surface area contributed by atoms with Crippen LogP contribution >= 0.6 is 0 Å². The van der Waals surface area contributed by atoms with Crippen LogP contribution in [0.3, 0.4) is 0 Å². The molecule has 2 unspecified atom stereocenters. The van der Waals surface area contributed by atoms with Crippen LogP contribution in [0.4, 0.5) is 0 Å². The summed E-state index contributed by atoms with van der Waals surface area (Å²) in [5, 5.41) is 39.4. The molecule has 0 amide bonds. The Labute approximate surface area is 182 Å². The van der Waals surface area contributed by atoms with Gasteiger partial charge in [-0.3, -0.25) is 0 Å². The van der Waals surface area contributed by atoms with Crippen LogP contribution in [-0.4, -0.2) is 71.1 Å². The van der Waals surface area contributed by atoms with E-state index in [1.807, 2.05) is 18.2 Å². The molecule has 4 heterocycles. The summed E-state index contributed by atoms with van der Waals surface area (Å²) in [5.74, 6) is 3.00. The van der Waals surface area contributed by atoms with Crippen molar-refractivity contribution in [2.75, 3.05) is 20.0 Å². The molecule has 1 saturated heterocycles. The number of benzene rings is 2. The number of hydrogen-bond donors (Lipinski definition) is 4. The second-order valence-electron chi connectivity index (χ2n) is 8.21. The predicted octanol–water partition coefficient (Wildman–Crippen LogP) is 0.204. The summed E-state index contributed by atoms with van der Waals surface area (Å²) in [4.78, 5) is 0. The lowest BCUT2D eigenvalue weighted by atomic mass is 9.89. The molecule has 2 aromatic carbocycles. The molecular weight excluding hydrogens is 424 g/mol. The highest BCUT2D eigenvalue weighted by Gasteiger charge is 2.45. The second kappa shape index (κ2) is 7.39. The molecule has 10 nitrogen and oxygen atoms in total. The van der Waals surface area contributed by atoms with Gasteiger partial charge in [-0.15, -0.1) is 0 Å². The van der Waals surface area contributed by atoms with Gasteiger partial charge in [0.15, 0.2) is 11.5 Å². The minimum Gasteiger partial charge on any atom is -0.492 e. The van der Waals surface area contributed by atoms with Crippen molar-refractivity contribution >= 4 is 0 Å². The lowest BCUT2D eigenvalue weighted by Gasteiger charge is -2.39. The molecule has 0 aliphatic carbocycles. The Bertz CT molecular complexity index is 1040. The maximum Gasteiger partial charge on any atom is 0.231 e. The zero-order valence-electron chi connectivity index (χ0n) is 16.8. The molecular formula is C22H22O10. The van der Waals surface area contributed by atoms with Crippen LogP contribution in [0.1, 0.15) is 23.1 Å². The van der Waals surface area contributed by atoms with E-state index in [0.29, 0.717) is 29.6 Å². The monoisotopic (exact) mass is 446 g/mol. The summed E-state index contributed by atoms with van der Waals surface area (Å²) in [7, 11) is 0. The van der Waals surface area contributed by atoms with Crippen LogP contribution in [0, 0.1) is 0 Å². The summed E-state index contributed by atoms with van der Waals surface area (Å²) in [5.41, 5.74) is 1.85. The van der Waals surface area contributed by atoms with Crippen molar-refractivity contribution < 1.29 is 48.8 Å². The van der Waals surface area contributed by atoms with Gasteiger partial charge in [0.25, 0.3) is 0 Å². The first-order valence-electron chi connectivity index (χ1n) is 10.4. The first kappa shape index (κ1) is 19.9. The maximum absolute atomic E-state index is 10.2. The minimum atomic E-state index is -1.51. The van der Waals surface area contributed by atoms with Crippen LogP contribution < -0.4 is 23.7 Å². The summed E-state index contributed by atoms with van der Waals surface area (Å²) < 4.78 is 34.2. The zero-order chi connectivity index (χ0) is 22.0. The van der Waals surface area contributed by atoms with E-state index in [-0.39, 0.29) is 18.8 Å². The molecule has 0 aromatic heterocycles. The Morgan fingerprint density at radius 3 is 2.47 bits per heavy atom. The first-order valence-corrected chi connectivity index (χ1v) is 10.4. The molecule has 0 saturated carbocycles. The third-order valence-corrected chi connectivity index (χ3v) is 6.33. The average Bonchev–Trinajstić information content (AvgIpc) is 3.41. The van der Waals surface area contributed by atoms with Crippen molar-refractivity contribution in [1.82, 2.24) is 0 Å². The molecule has 4 aliphatic rings. The number of aliphatic hydroxyl groups excluding tert-OH is 4. The van der Waals surface area contributed by atoms with E-state index < -0.39 is 37.3 Å². The van der Waals surface area contributed by atoms with E-state index in [2.05, 4.69) is 0 Å². The number of hydrogen-bond acceptors (Lipinski definition) is 10. The molecule has 4 aliphatic heterocycles. The maximum atomic E-state index is 10.2. The van der Waals surface area contributed by atoms with Crippen LogP contribution in [0.15, 0.2) is 30.3 Å². The van der Waals surface area contributed by atoms with Crippen LogP contribution in [0.25, 0.3) is 0 Å². The molecule has 0 radical (unpaired) electrons. The Balaban J connectivity index is 1.23. The molecule has 7 atom stereocenters. The fourth-order valence-electron chi connectivity index (χ4n) is 4.60. The molecule has 6 rings (SSSR count). The number of ether oxygens (including phenoxy) is 6. The van der Waals surface area contributed by atoms with Crippen LogP contribution in [-0.2, 0) is 4.74 Å². The fourth-order valence-corrected chi connectivity index (χ4v) is 4.60. The minimum absolute atomic E-state index is 0.00390. The number of aliphatic hydroxyl groups is 4. The van der Waals surface area contributed by atoms with Crippen molar-refractivity contribution in [1.29, 1.82) is 0 Å². The molecule has 32 heavy (non-hydrogen) atoms. The third-order valence-electron chi connectivity index (χ3n) is 6.33. The summed E-state index contributed by atoms with van der Waals surface area (Å²) >= 11 is 0. The first-order chi connectivity index (χ1) is 15.5. The summed E-state index contributed by atoms with van der Waals surface area (Å²) in [6.45, 7) is 0.0648. The van der Waals surface area contributed by atoms with E-state index in [1.54, 1.807) is 12.1 Å². The molecule has 170 valence electrons. The van der Waals surface area contributed by atoms with Gasteiger partial charge in [0.05, 0.1) is 19.1 Å². The van der Waals surface area contributed by atoms with Gasteiger partial charge in [-0.25, -0.2) is 0 Å². The lowest BCUT2D eigenvalue weighted by Crippen LogP contribution is -2.60. The van der Waals surface area contributed by atoms with Gasteiger partial charge in [0, 0.05) is 23.3 Å². The van der Waals surface area contributed by atoms with Gasteiger partial charge in [0.2, 0.25) is 13.1 Å². The molecule has 1 fully saturated rings. The van der Waals surface area contributed by atoms with E-state index in [9.17, 15) is 20.4 Å². The van der Waals surface area contributed by atoms with E-state index in [4.69, 9.17) is 28.4 Å². The Morgan fingerprint density at radius 1 is 0.844 bits per heavy atom. The molecule has 10 heteroatoms. The SMILES string of the molecule is OC[C@H]1O[C@@H](Oc2ccc3c(c2)OCC2c4cc5c(cc4OC32)OCO5)[C@H](O)[C@@H](O)[C@@H]1O. The van der Waals surface area contributed by atoms with E-state index in [0.717, 1.165) is 16.9 Å². The average molecular weight is 446 g/mol. The van der Waals surface area contributed by atoms with Crippen LogP contribution in [0.2, 0.25) is 0 Å². The van der Waals surface area contributed by atoms with Crippen molar-refractivity contribution in [2.24, 2.45) is 0 Å². The van der Waals surface area contributed by atoms with Gasteiger partial charge in [-0.05, 0) is 18.2 Å². The smallest absolute Gasteiger partial charge is 0.231 e. The zero-order valence-corrected chi connectivity index (χ0v) is 16.8. The van der Waals surface area contributed by atoms with Gasteiger partial charge in [-0.1, -0.05) is 0 Å². The highest BCUT2D eigenvalue weighted by molar-refractivity contribution is 5.57. The van der Waals surface area contributed by atoms with E-state index >= 15 is 0 Å². The molecule has 2 aromatic rings. The summed E-state index contributed by atoms with van der Waals surface area (Å²) in [6, 6.07) is 8.94. The van der Waals surface area contributed by atoms with Crippen molar-refractivity contribution in [3.05, 3.63) is 41.5 Å². The van der Waals surface area contributed by atoms with Gasteiger partial charge >= 0.3 is 0 Å². The standard InChI is InChI=1S/C22H22O10/c23-6-17-18(24)19(25)20(26)22(32-17)30-9-1-2-10-13(3-9)27-7-12-11-4-15-16(29-8-28-15)5-14(11)31-21(10)12/h1-5,12,17-26H,6-8H2/t12?,17-,18-,19+,20-,21?,22-/m1/s1. The van der Waals surface area contributed by atoms with Crippen molar-refractivity contribution in [2.45, 2.75) is 42.7 Å². The molecule has 0 bridgehead atoms. The second-order valence-corrected chi connectivity index (χ2v) is 8.21. The number of rotatable bonds is 3. The van der Waals surface area contributed by atoms with Gasteiger partial charge in [0.1, 0.15) is 47.8 Å². The van der Waals surface area contributed by atoms with Gasteiger partial charge in [-0.2, -0.15) is 0 Å². The van der Waals surface area contributed by atoms with Crippen LogP contribution in [0.5, 0.6) is 28.7 Å². The quantitative estimate of drug-likeness (QED) is 0.518. The van der Waals surface area contributed by atoms with Crippen molar-refractivity contribution in [3.8, 4) is 28.7 Å². The largest absolute Gasteiger partial charge is 0.492 e. The number of fused-ring (bicyclic) bond motifs is 6. The Kier molecular flexibility index (Phi) is 4.60. The van der Waals surface area contributed by atoms with Crippen molar-refractivity contribution in [3.63, 3.8) is 0 Å². The predicted molar refractivity (Wildman–Crippen MR) is 105 cm³/mol. The molecule has 0 spiro atoms. The fraction of sp³-hybridized carbons (Fsp3) is 0.455. The highest BCUT2D eigenvalue weighted by atomic mass is 16.7. The van der Waals surface area contributed by atoms with Gasteiger partial charge < -0.3 is 48.8 Å². The highest BCUT2D eigenvalue weighted by Crippen LogP contribution is 2.54. The van der Waals surface area contributed by atoms with E-state index in [1.165, 1.54) is 0 Å². The Morgan fingerprint density at radius 2 is 1.66 bits per heavy atom. The third kappa shape index (κ3) is 2.99. The lowest BCUT2D eigenvalue weighted by molar-refractivity contribution is -0.277.